The second-order valence-corrected chi connectivity index (χ2v) is 5.25. The smallest absolute Gasteiger partial charge is 0.240 e. The summed E-state index contributed by atoms with van der Waals surface area (Å²) in [6.45, 7) is 4.04. The molecule has 3 heteroatoms. The molecule has 0 saturated carbocycles. The third kappa shape index (κ3) is 4.42. The summed E-state index contributed by atoms with van der Waals surface area (Å²) in [4.78, 5) is 11.6. The van der Waals surface area contributed by atoms with Crippen molar-refractivity contribution in [2.75, 3.05) is 0 Å². The van der Waals surface area contributed by atoms with Gasteiger partial charge in [0.15, 0.2) is 0 Å². The van der Waals surface area contributed by atoms with Crippen LogP contribution in [0, 0.1) is 0 Å². The maximum absolute atomic E-state index is 11.6. The van der Waals surface area contributed by atoms with Crippen molar-refractivity contribution in [3.63, 3.8) is 0 Å². The molecule has 0 aromatic heterocycles. The fraction of sp³-hybridized carbons (Fsp3) is 0.333. The minimum atomic E-state index is -0.0106. The van der Waals surface area contributed by atoms with Gasteiger partial charge in [-0.25, -0.2) is 5.43 Å². The van der Waals surface area contributed by atoms with Crippen molar-refractivity contribution in [3.8, 4) is 0 Å². The number of nitrogens with one attached hydrogen (secondary N) is 1. The van der Waals surface area contributed by atoms with Crippen molar-refractivity contribution in [3.05, 3.63) is 48.0 Å². The van der Waals surface area contributed by atoms with Gasteiger partial charge in [0.25, 0.3) is 0 Å². The SMILES string of the molecule is CCCCCC(=O)N/N=C(\C)c1ccc2ccccc2c1. The molecule has 0 spiro atoms. The molecule has 0 aliphatic heterocycles. The monoisotopic (exact) mass is 282 g/mol. The zero-order valence-electron chi connectivity index (χ0n) is 12.7. The number of unbranched alkanes of at least 4 members (excludes halogenated alkanes) is 2. The van der Waals surface area contributed by atoms with E-state index < -0.39 is 0 Å². The average Bonchev–Trinajstić information content (AvgIpc) is 2.52. The number of hydrogen-bond acceptors (Lipinski definition) is 2. The van der Waals surface area contributed by atoms with Crippen LogP contribution in [0.1, 0.15) is 45.1 Å². The molecule has 0 bridgehead atoms. The third-order valence-corrected chi connectivity index (χ3v) is 3.52. The van der Waals surface area contributed by atoms with Crippen molar-refractivity contribution >= 4 is 22.4 Å². The van der Waals surface area contributed by atoms with Gasteiger partial charge in [0, 0.05) is 6.42 Å². The van der Waals surface area contributed by atoms with E-state index in [1.54, 1.807) is 0 Å². The Kier molecular flexibility index (Phi) is 5.50. The van der Waals surface area contributed by atoms with Crippen molar-refractivity contribution in [1.82, 2.24) is 5.43 Å². The molecule has 0 aliphatic carbocycles. The van der Waals surface area contributed by atoms with Gasteiger partial charge in [0.1, 0.15) is 0 Å². The summed E-state index contributed by atoms with van der Waals surface area (Å²) >= 11 is 0. The average molecular weight is 282 g/mol. The lowest BCUT2D eigenvalue weighted by Crippen LogP contribution is -2.18. The quantitative estimate of drug-likeness (QED) is 0.480. The minimum absolute atomic E-state index is 0.0106. The molecule has 0 fully saturated rings. The molecule has 0 radical (unpaired) electrons. The summed E-state index contributed by atoms with van der Waals surface area (Å²) in [5.41, 5.74) is 4.49. The highest BCUT2D eigenvalue weighted by molar-refractivity contribution is 6.02. The van der Waals surface area contributed by atoms with E-state index in [0.717, 1.165) is 30.5 Å². The van der Waals surface area contributed by atoms with Gasteiger partial charge in [-0.2, -0.15) is 5.10 Å². The lowest BCUT2D eigenvalue weighted by atomic mass is 10.0. The Morgan fingerprint density at radius 1 is 1.10 bits per heavy atom. The number of carbonyl (C=O) groups excluding carboxylic acids is 1. The van der Waals surface area contributed by atoms with Crippen LogP contribution in [0.2, 0.25) is 0 Å². The largest absolute Gasteiger partial charge is 0.273 e. The Bertz CT molecular complexity index is 646. The first-order valence-electron chi connectivity index (χ1n) is 7.53. The summed E-state index contributed by atoms with van der Waals surface area (Å²) in [6, 6.07) is 14.4. The molecule has 2 rings (SSSR count). The number of hydrazone groups is 1. The number of fused-ring (bicyclic) bond motifs is 1. The first-order chi connectivity index (χ1) is 10.2. The summed E-state index contributed by atoms with van der Waals surface area (Å²) in [5, 5.41) is 6.58. The normalized spacial score (nSPS) is 11.6. The van der Waals surface area contributed by atoms with Gasteiger partial charge in [0.05, 0.1) is 5.71 Å². The summed E-state index contributed by atoms with van der Waals surface area (Å²) in [6.07, 6.45) is 3.67. The first kappa shape index (κ1) is 15.2. The molecule has 110 valence electrons. The van der Waals surface area contributed by atoms with Crippen LogP contribution >= 0.6 is 0 Å². The van der Waals surface area contributed by atoms with Crippen LogP contribution in [0.15, 0.2) is 47.6 Å². The van der Waals surface area contributed by atoms with Gasteiger partial charge in [-0.05, 0) is 35.7 Å². The Morgan fingerprint density at radius 3 is 2.62 bits per heavy atom. The Balaban J connectivity index is 2.01. The molecular weight excluding hydrogens is 260 g/mol. The summed E-state index contributed by atoms with van der Waals surface area (Å²) in [5.74, 6) is -0.0106. The molecule has 0 unspecified atom stereocenters. The van der Waals surface area contributed by atoms with Gasteiger partial charge in [-0.1, -0.05) is 56.2 Å². The molecule has 2 aromatic rings. The molecule has 0 saturated heterocycles. The predicted octanol–water partition coefficient (Wildman–Crippen LogP) is 4.26. The highest BCUT2D eigenvalue weighted by Crippen LogP contribution is 2.16. The van der Waals surface area contributed by atoms with E-state index in [1.165, 1.54) is 10.8 Å². The molecule has 1 N–H and O–H groups in total. The van der Waals surface area contributed by atoms with Gasteiger partial charge in [0.2, 0.25) is 5.91 Å². The lowest BCUT2D eigenvalue weighted by molar-refractivity contribution is -0.121. The van der Waals surface area contributed by atoms with Crippen molar-refractivity contribution in [2.24, 2.45) is 5.10 Å². The topological polar surface area (TPSA) is 41.5 Å². The van der Waals surface area contributed by atoms with Crippen LogP contribution in [0.4, 0.5) is 0 Å². The van der Waals surface area contributed by atoms with Crippen LogP contribution in [0.3, 0.4) is 0 Å². The van der Waals surface area contributed by atoms with E-state index >= 15 is 0 Å². The predicted molar refractivity (Wildman–Crippen MR) is 88.4 cm³/mol. The van der Waals surface area contributed by atoms with Crippen molar-refractivity contribution in [1.29, 1.82) is 0 Å². The van der Waals surface area contributed by atoms with E-state index in [-0.39, 0.29) is 5.91 Å². The van der Waals surface area contributed by atoms with E-state index in [4.69, 9.17) is 0 Å². The standard InChI is InChI=1S/C18H22N2O/c1-3-4-5-10-18(21)20-19-14(2)16-12-11-15-8-6-7-9-17(15)13-16/h6-9,11-13H,3-5,10H2,1-2H3,(H,20,21)/b19-14+. The molecule has 0 atom stereocenters. The molecule has 1 amide bonds. The minimum Gasteiger partial charge on any atom is -0.273 e. The van der Waals surface area contributed by atoms with Crippen LogP contribution in [-0.4, -0.2) is 11.6 Å². The fourth-order valence-electron chi connectivity index (χ4n) is 2.22. The van der Waals surface area contributed by atoms with Gasteiger partial charge in [-0.15, -0.1) is 0 Å². The van der Waals surface area contributed by atoms with Crippen LogP contribution < -0.4 is 5.43 Å². The number of nitrogens with zero attached hydrogens (tertiary/aromatic N) is 1. The van der Waals surface area contributed by atoms with E-state index in [2.05, 4.69) is 41.7 Å². The number of amides is 1. The molecular formula is C18H22N2O. The number of rotatable bonds is 6. The highest BCUT2D eigenvalue weighted by Gasteiger charge is 2.02. The highest BCUT2D eigenvalue weighted by atomic mass is 16.2. The molecule has 21 heavy (non-hydrogen) atoms. The van der Waals surface area contributed by atoms with Gasteiger partial charge >= 0.3 is 0 Å². The van der Waals surface area contributed by atoms with Crippen LogP contribution in [0.25, 0.3) is 10.8 Å². The lowest BCUT2D eigenvalue weighted by Gasteiger charge is -2.04. The van der Waals surface area contributed by atoms with E-state index in [1.807, 2.05) is 25.1 Å². The second-order valence-electron chi connectivity index (χ2n) is 5.25. The Hall–Kier alpha value is -2.16. The molecule has 0 heterocycles. The Labute approximate surface area is 126 Å². The Morgan fingerprint density at radius 2 is 1.86 bits per heavy atom. The van der Waals surface area contributed by atoms with Gasteiger partial charge < -0.3 is 0 Å². The number of hydrogen-bond donors (Lipinski definition) is 1. The van der Waals surface area contributed by atoms with Crippen LogP contribution in [-0.2, 0) is 4.79 Å². The van der Waals surface area contributed by atoms with Crippen molar-refractivity contribution in [2.45, 2.75) is 39.5 Å². The molecule has 0 aliphatic rings. The maximum Gasteiger partial charge on any atom is 0.240 e. The zero-order valence-corrected chi connectivity index (χ0v) is 12.7. The number of benzene rings is 2. The summed E-state index contributed by atoms with van der Waals surface area (Å²) < 4.78 is 0. The maximum atomic E-state index is 11.6. The third-order valence-electron chi connectivity index (χ3n) is 3.52. The molecule has 3 nitrogen and oxygen atoms in total. The van der Waals surface area contributed by atoms with Crippen molar-refractivity contribution < 1.29 is 4.79 Å². The number of carbonyl (C=O) groups is 1. The fourth-order valence-corrected chi connectivity index (χ4v) is 2.22. The molecule has 2 aromatic carbocycles. The first-order valence-corrected chi connectivity index (χ1v) is 7.53. The van der Waals surface area contributed by atoms with E-state index in [9.17, 15) is 4.79 Å². The van der Waals surface area contributed by atoms with Gasteiger partial charge in [-0.3, -0.25) is 4.79 Å². The summed E-state index contributed by atoms with van der Waals surface area (Å²) in [7, 11) is 0. The van der Waals surface area contributed by atoms with Crippen LogP contribution in [0.5, 0.6) is 0 Å². The second kappa shape index (κ2) is 7.58. The zero-order chi connectivity index (χ0) is 15.1. The van der Waals surface area contributed by atoms with E-state index in [0.29, 0.717) is 6.42 Å².